The Morgan fingerprint density at radius 3 is 2.35 bits per heavy atom. The van der Waals surface area contributed by atoms with E-state index in [-0.39, 0.29) is 5.91 Å². The molecule has 1 aromatic heterocycles. The predicted octanol–water partition coefficient (Wildman–Crippen LogP) is 4.23. The summed E-state index contributed by atoms with van der Waals surface area (Å²) >= 11 is 0. The van der Waals surface area contributed by atoms with Crippen molar-refractivity contribution in [3.05, 3.63) is 24.0 Å². The monoisotopic (exact) mass is 315 g/mol. The van der Waals surface area contributed by atoms with Crippen LogP contribution in [0, 0.1) is 0 Å². The molecular weight excluding hydrogens is 286 g/mol. The molecule has 0 bridgehead atoms. The molecule has 0 aromatic carbocycles. The van der Waals surface area contributed by atoms with Gasteiger partial charge in [-0.3, -0.25) is 9.78 Å². The molecule has 0 spiro atoms. The number of anilines is 1. The van der Waals surface area contributed by atoms with Crippen molar-refractivity contribution in [2.24, 2.45) is 0 Å². The fraction of sp³-hybridized carbons (Fsp3) is 0.684. The van der Waals surface area contributed by atoms with Crippen LogP contribution in [0.4, 0.5) is 5.69 Å². The van der Waals surface area contributed by atoms with Gasteiger partial charge in [-0.25, -0.2) is 0 Å². The Bertz CT molecular complexity index is 501. The topological polar surface area (TPSA) is 45.2 Å². The third-order valence-corrected chi connectivity index (χ3v) is 5.10. The van der Waals surface area contributed by atoms with E-state index in [1.165, 1.54) is 51.4 Å². The third kappa shape index (κ3) is 4.69. The van der Waals surface area contributed by atoms with Gasteiger partial charge >= 0.3 is 0 Å². The molecule has 1 aliphatic heterocycles. The zero-order chi connectivity index (χ0) is 15.9. The van der Waals surface area contributed by atoms with Crippen LogP contribution in [0.2, 0.25) is 0 Å². The molecule has 2 heterocycles. The Morgan fingerprint density at radius 2 is 1.65 bits per heavy atom. The van der Waals surface area contributed by atoms with Gasteiger partial charge in [0.25, 0.3) is 5.91 Å². The molecule has 0 unspecified atom stereocenters. The minimum absolute atomic E-state index is 0.0939. The minimum Gasteiger partial charge on any atom is -0.382 e. The lowest BCUT2D eigenvalue weighted by molar-refractivity contribution is 0.0756. The number of nitrogens with one attached hydrogen (secondary N) is 1. The number of hydrogen-bond acceptors (Lipinski definition) is 3. The average Bonchev–Trinajstić information content (AvgIpc) is 2.99. The number of rotatable bonds is 3. The fourth-order valence-corrected chi connectivity index (χ4v) is 3.73. The molecule has 2 fully saturated rings. The first-order valence-electron chi connectivity index (χ1n) is 9.35. The van der Waals surface area contributed by atoms with E-state index < -0.39 is 0 Å². The number of hydrogen-bond donors (Lipinski definition) is 1. The summed E-state index contributed by atoms with van der Waals surface area (Å²) in [5.41, 5.74) is 1.63. The summed E-state index contributed by atoms with van der Waals surface area (Å²) in [5.74, 6) is 0.0939. The Balaban J connectivity index is 1.65. The fourth-order valence-electron chi connectivity index (χ4n) is 3.73. The summed E-state index contributed by atoms with van der Waals surface area (Å²) in [4.78, 5) is 19.0. The number of pyridine rings is 1. The number of amides is 1. The van der Waals surface area contributed by atoms with Crippen molar-refractivity contribution in [1.82, 2.24) is 9.88 Å². The Hall–Kier alpha value is -1.58. The van der Waals surface area contributed by atoms with Crippen molar-refractivity contribution in [3.8, 4) is 0 Å². The summed E-state index contributed by atoms with van der Waals surface area (Å²) in [6.07, 6.45) is 14.3. The molecule has 0 radical (unpaired) electrons. The Kier molecular flexibility index (Phi) is 5.89. The van der Waals surface area contributed by atoms with Crippen LogP contribution >= 0.6 is 0 Å². The summed E-state index contributed by atoms with van der Waals surface area (Å²) in [6.45, 7) is 1.75. The van der Waals surface area contributed by atoms with Crippen molar-refractivity contribution >= 4 is 11.6 Å². The van der Waals surface area contributed by atoms with Gasteiger partial charge in [-0.1, -0.05) is 38.5 Å². The second kappa shape index (κ2) is 8.32. The summed E-state index contributed by atoms with van der Waals surface area (Å²) in [7, 11) is 0. The van der Waals surface area contributed by atoms with Gasteiger partial charge in [-0.15, -0.1) is 0 Å². The number of carbonyl (C=O) groups is 1. The first kappa shape index (κ1) is 16.3. The molecule has 2 aliphatic rings. The Morgan fingerprint density at radius 1 is 1.00 bits per heavy atom. The first-order chi connectivity index (χ1) is 11.3. The van der Waals surface area contributed by atoms with Gasteiger partial charge in [0.1, 0.15) is 5.69 Å². The van der Waals surface area contributed by atoms with Crippen LogP contribution in [0.15, 0.2) is 18.3 Å². The number of likely N-dealkylation sites (tertiary alicyclic amines) is 1. The highest BCUT2D eigenvalue weighted by molar-refractivity contribution is 5.93. The highest BCUT2D eigenvalue weighted by atomic mass is 16.2. The van der Waals surface area contributed by atoms with Gasteiger partial charge < -0.3 is 10.2 Å². The zero-order valence-corrected chi connectivity index (χ0v) is 14.1. The smallest absolute Gasteiger partial charge is 0.272 e. The van der Waals surface area contributed by atoms with E-state index in [0.717, 1.165) is 31.6 Å². The van der Waals surface area contributed by atoms with Crippen LogP contribution in [-0.2, 0) is 0 Å². The van der Waals surface area contributed by atoms with E-state index in [4.69, 9.17) is 0 Å². The maximum Gasteiger partial charge on any atom is 0.272 e. The van der Waals surface area contributed by atoms with E-state index in [2.05, 4.69) is 10.3 Å². The number of aromatic nitrogens is 1. The molecule has 4 nitrogen and oxygen atoms in total. The lowest BCUT2D eigenvalue weighted by atomic mass is 10.1. The zero-order valence-electron chi connectivity index (χ0n) is 14.1. The van der Waals surface area contributed by atoms with E-state index in [1.807, 2.05) is 17.0 Å². The summed E-state index contributed by atoms with van der Waals surface area (Å²) in [5, 5.41) is 3.62. The molecule has 1 aliphatic carbocycles. The van der Waals surface area contributed by atoms with Crippen molar-refractivity contribution in [2.75, 3.05) is 18.4 Å². The van der Waals surface area contributed by atoms with E-state index >= 15 is 0 Å². The van der Waals surface area contributed by atoms with Gasteiger partial charge in [0, 0.05) is 31.0 Å². The molecule has 1 aromatic rings. The maximum absolute atomic E-state index is 12.7. The van der Waals surface area contributed by atoms with Crippen LogP contribution in [0.3, 0.4) is 0 Å². The first-order valence-corrected chi connectivity index (χ1v) is 9.35. The Labute approximate surface area is 139 Å². The molecule has 3 rings (SSSR count). The quantitative estimate of drug-likeness (QED) is 0.849. The average molecular weight is 315 g/mol. The molecular formula is C19H29N3O. The highest BCUT2D eigenvalue weighted by Crippen LogP contribution is 2.22. The van der Waals surface area contributed by atoms with E-state index in [1.54, 1.807) is 6.20 Å². The largest absolute Gasteiger partial charge is 0.382 e. The number of carbonyl (C=O) groups excluding carboxylic acids is 1. The van der Waals surface area contributed by atoms with Crippen LogP contribution in [-0.4, -0.2) is 34.9 Å². The molecule has 1 saturated carbocycles. The maximum atomic E-state index is 12.7. The van der Waals surface area contributed by atoms with Gasteiger partial charge in [0.2, 0.25) is 0 Å². The highest BCUT2D eigenvalue weighted by Gasteiger charge is 2.19. The van der Waals surface area contributed by atoms with Gasteiger partial charge in [0.15, 0.2) is 0 Å². The predicted molar refractivity (Wildman–Crippen MR) is 93.7 cm³/mol. The van der Waals surface area contributed by atoms with Crippen molar-refractivity contribution in [1.29, 1.82) is 0 Å². The molecule has 1 saturated heterocycles. The van der Waals surface area contributed by atoms with Crippen molar-refractivity contribution in [3.63, 3.8) is 0 Å². The SMILES string of the molecule is O=C(c1cc(NC2CCCCCC2)ccn1)N1CCCCCC1. The molecule has 23 heavy (non-hydrogen) atoms. The van der Waals surface area contributed by atoms with Crippen molar-refractivity contribution in [2.45, 2.75) is 70.3 Å². The second-order valence-electron chi connectivity index (χ2n) is 6.97. The molecule has 1 N–H and O–H groups in total. The lowest BCUT2D eigenvalue weighted by Gasteiger charge is -2.21. The molecule has 4 heteroatoms. The summed E-state index contributed by atoms with van der Waals surface area (Å²) in [6, 6.07) is 4.48. The third-order valence-electron chi connectivity index (χ3n) is 5.10. The van der Waals surface area contributed by atoms with E-state index in [9.17, 15) is 4.79 Å². The van der Waals surface area contributed by atoms with Crippen LogP contribution in [0.1, 0.15) is 74.7 Å². The standard InChI is InChI=1S/C19H29N3O/c23-19(22-13-7-3-4-8-14-22)18-15-17(11-12-20-18)21-16-9-5-1-2-6-10-16/h11-12,15-16H,1-10,13-14H2,(H,20,21). The second-order valence-corrected chi connectivity index (χ2v) is 6.97. The van der Waals surface area contributed by atoms with Gasteiger partial charge in [-0.2, -0.15) is 0 Å². The molecule has 0 atom stereocenters. The molecule has 126 valence electrons. The normalized spacial score (nSPS) is 20.6. The minimum atomic E-state index is 0.0939. The van der Waals surface area contributed by atoms with Crippen LogP contribution in [0.5, 0.6) is 0 Å². The lowest BCUT2D eigenvalue weighted by Crippen LogP contribution is -2.32. The van der Waals surface area contributed by atoms with E-state index in [0.29, 0.717) is 11.7 Å². The molecule has 1 amide bonds. The van der Waals surface area contributed by atoms with Crippen LogP contribution < -0.4 is 5.32 Å². The van der Waals surface area contributed by atoms with Gasteiger partial charge in [0.05, 0.1) is 0 Å². The van der Waals surface area contributed by atoms with Gasteiger partial charge in [-0.05, 0) is 37.8 Å². The number of nitrogens with zero attached hydrogens (tertiary/aromatic N) is 2. The van der Waals surface area contributed by atoms with Crippen molar-refractivity contribution < 1.29 is 4.79 Å². The van der Waals surface area contributed by atoms with Crippen LogP contribution in [0.25, 0.3) is 0 Å². The summed E-state index contributed by atoms with van der Waals surface area (Å²) < 4.78 is 0.